The summed E-state index contributed by atoms with van der Waals surface area (Å²) in [6, 6.07) is 12.9. The molecule has 0 aliphatic rings. The molecule has 4 heteroatoms. The second kappa shape index (κ2) is 5.29. The minimum Gasteiger partial charge on any atom is -0.497 e. The summed E-state index contributed by atoms with van der Waals surface area (Å²) >= 11 is 3.32. The van der Waals surface area contributed by atoms with E-state index in [1.54, 1.807) is 13.2 Å². The number of benzene rings is 2. The van der Waals surface area contributed by atoms with Gasteiger partial charge in [-0.1, -0.05) is 15.9 Å². The van der Waals surface area contributed by atoms with Gasteiger partial charge in [0, 0.05) is 28.1 Å². The van der Waals surface area contributed by atoms with E-state index in [1.165, 1.54) is 6.07 Å². The second-order valence-electron chi connectivity index (χ2n) is 4.65. The number of rotatable bonds is 3. The normalized spacial score (nSPS) is 10.9. The Labute approximate surface area is 124 Å². The van der Waals surface area contributed by atoms with Crippen molar-refractivity contribution >= 4 is 26.8 Å². The predicted molar refractivity (Wildman–Crippen MR) is 81.7 cm³/mol. The van der Waals surface area contributed by atoms with Gasteiger partial charge in [-0.25, -0.2) is 4.39 Å². The van der Waals surface area contributed by atoms with Crippen LogP contribution in [0.3, 0.4) is 0 Å². The van der Waals surface area contributed by atoms with E-state index < -0.39 is 0 Å². The largest absolute Gasteiger partial charge is 0.497 e. The summed E-state index contributed by atoms with van der Waals surface area (Å²) in [5.74, 6) is 0.608. The van der Waals surface area contributed by atoms with Gasteiger partial charge >= 0.3 is 0 Å². The molecule has 1 aromatic heterocycles. The number of hydrogen-bond acceptors (Lipinski definition) is 1. The van der Waals surface area contributed by atoms with Gasteiger partial charge in [0.1, 0.15) is 11.6 Å². The van der Waals surface area contributed by atoms with Gasteiger partial charge in [0.2, 0.25) is 0 Å². The van der Waals surface area contributed by atoms with Crippen molar-refractivity contribution in [2.24, 2.45) is 0 Å². The lowest BCUT2D eigenvalue weighted by molar-refractivity contribution is 0.415. The number of ether oxygens (including phenoxy) is 1. The number of halogens is 2. The number of nitrogens with zero attached hydrogens (tertiary/aromatic N) is 1. The summed E-state index contributed by atoms with van der Waals surface area (Å²) in [6.45, 7) is 0.631. The van der Waals surface area contributed by atoms with Crippen LogP contribution in [-0.2, 0) is 6.54 Å². The molecule has 0 fully saturated rings. The molecule has 0 aliphatic carbocycles. The zero-order valence-electron chi connectivity index (χ0n) is 10.9. The summed E-state index contributed by atoms with van der Waals surface area (Å²) < 4.78 is 21.5. The molecule has 3 rings (SSSR count). The minimum atomic E-state index is -0.229. The fourth-order valence-corrected chi connectivity index (χ4v) is 2.85. The average Bonchev–Trinajstić information content (AvgIpc) is 2.80. The quantitative estimate of drug-likeness (QED) is 0.683. The monoisotopic (exact) mass is 333 g/mol. The third kappa shape index (κ3) is 2.56. The Hall–Kier alpha value is -1.81. The Kier molecular flexibility index (Phi) is 3.49. The van der Waals surface area contributed by atoms with E-state index in [1.807, 2.05) is 36.5 Å². The van der Waals surface area contributed by atoms with E-state index in [9.17, 15) is 4.39 Å². The second-order valence-corrected chi connectivity index (χ2v) is 5.56. The maximum Gasteiger partial charge on any atom is 0.124 e. The molecular formula is C16H13BrFNO. The Morgan fingerprint density at radius 1 is 1.15 bits per heavy atom. The van der Waals surface area contributed by atoms with Gasteiger partial charge in [0.25, 0.3) is 0 Å². The molecule has 2 aromatic carbocycles. The minimum absolute atomic E-state index is 0.229. The van der Waals surface area contributed by atoms with E-state index in [0.29, 0.717) is 6.54 Å². The first kappa shape index (κ1) is 13.2. The molecule has 2 nitrogen and oxygen atoms in total. The van der Waals surface area contributed by atoms with Gasteiger partial charge in [0.15, 0.2) is 0 Å². The lowest BCUT2D eigenvalue weighted by Crippen LogP contribution is -1.98. The fourth-order valence-electron chi connectivity index (χ4n) is 2.34. The smallest absolute Gasteiger partial charge is 0.124 e. The van der Waals surface area contributed by atoms with Crippen LogP contribution in [0.1, 0.15) is 5.56 Å². The SMILES string of the molecule is COc1ccc2c(ccn2Cc2cc(F)cc(Br)c2)c1. The molecule has 0 saturated heterocycles. The van der Waals surface area contributed by atoms with E-state index in [0.717, 1.165) is 26.7 Å². The van der Waals surface area contributed by atoms with Gasteiger partial charge in [0.05, 0.1) is 7.11 Å². The van der Waals surface area contributed by atoms with Crippen molar-refractivity contribution in [1.82, 2.24) is 4.57 Å². The van der Waals surface area contributed by atoms with Crippen LogP contribution in [0, 0.1) is 5.82 Å². The summed E-state index contributed by atoms with van der Waals surface area (Å²) in [6.07, 6.45) is 2.00. The maximum absolute atomic E-state index is 13.4. The van der Waals surface area contributed by atoms with Crippen LogP contribution in [0.5, 0.6) is 5.75 Å². The molecule has 0 bridgehead atoms. The molecule has 0 unspecified atom stereocenters. The van der Waals surface area contributed by atoms with Crippen molar-refractivity contribution in [3.63, 3.8) is 0 Å². The van der Waals surface area contributed by atoms with Crippen molar-refractivity contribution < 1.29 is 9.13 Å². The number of methoxy groups -OCH3 is 1. The van der Waals surface area contributed by atoms with Crippen LogP contribution in [-0.4, -0.2) is 11.7 Å². The Bertz CT molecular complexity index is 746. The molecule has 0 aliphatic heterocycles. The Morgan fingerprint density at radius 3 is 2.75 bits per heavy atom. The topological polar surface area (TPSA) is 14.2 Å². The summed E-state index contributed by atoms with van der Waals surface area (Å²) in [5.41, 5.74) is 2.02. The third-order valence-electron chi connectivity index (χ3n) is 3.25. The lowest BCUT2D eigenvalue weighted by atomic mass is 10.2. The van der Waals surface area contributed by atoms with Crippen LogP contribution in [0.15, 0.2) is 53.1 Å². The predicted octanol–water partition coefficient (Wildman–Crippen LogP) is 4.60. The molecule has 0 saturated carbocycles. The highest BCUT2D eigenvalue weighted by molar-refractivity contribution is 9.10. The molecule has 0 atom stereocenters. The summed E-state index contributed by atoms with van der Waals surface area (Å²) in [4.78, 5) is 0. The zero-order valence-corrected chi connectivity index (χ0v) is 12.5. The van der Waals surface area contributed by atoms with Gasteiger partial charge in [-0.2, -0.15) is 0 Å². The molecule has 0 radical (unpaired) electrons. The van der Waals surface area contributed by atoms with Gasteiger partial charge in [-0.3, -0.25) is 0 Å². The highest BCUT2D eigenvalue weighted by Crippen LogP contribution is 2.23. The van der Waals surface area contributed by atoms with Gasteiger partial charge in [-0.05, 0) is 48.0 Å². The highest BCUT2D eigenvalue weighted by atomic mass is 79.9. The number of hydrogen-bond donors (Lipinski definition) is 0. The molecule has 102 valence electrons. The molecule has 20 heavy (non-hydrogen) atoms. The fraction of sp³-hybridized carbons (Fsp3) is 0.125. The van der Waals surface area contributed by atoms with Gasteiger partial charge in [-0.15, -0.1) is 0 Å². The standard InChI is InChI=1S/C16H13BrFNO/c1-20-15-2-3-16-12(8-15)4-5-19(16)10-11-6-13(17)9-14(18)7-11/h2-9H,10H2,1H3. The van der Waals surface area contributed by atoms with Crippen LogP contribution < -0.4 is 4.74 Å². The summed E-state index contributed by atoms with van der Waals surface area (Å²) in [5, 5.41) is 1.11. The first-order chi connectivity index (χ1) is 9.65. The van der Waals surface area contributed by atoms with E-state index >= 15 is 0 Å². The van der Waals surface area contributed by atoms with Crippen molar-refractivity contribution in [2.45, 2.75) is 6.54 Å². The van der Waals surface area contributed by atoms with Gasteiger partial charge < -0.3 is 9.30 Å². The molecule has 3 aromatic rings. The zero-order chi connectivity index (χ0) is 14.1. The van der Waals surface area contributed by atoms with Crippen LogP contribution in [0.25, 0.3) is 10.9 Å². The first-order valence-electron chi connectivity index (χ1n) is 6.23. The van der Waals surface area contributed by atoms with Crippen molar-refractivity contribution in [2.75, 3.05) is 7.11 Å². The highest BCUT2D eigenvalue weighted by Gasteiger charge is 2.05. The first-order valence-corrected chi connectivity index (χ1v) is 7.03. The third-order valence-corrected chi connectivity index (χ3v) is 3.71. The van der Waals surface area contributed by atoms with Crippen molar-refractivity contribution in [3.8, 4) is 5.75 Å². The average molecular weight is 334 g/mol. The Morgan fingerprint density at radius 2 is 2.00 bits per heavy atom. The van der Waals surface area contributed by atoms with Crippen LogP contribution in [0.4, 0.5) is 4.39 Å². The molecule has 1 heterocycles. The van der Waals surface area contributed by atoms with Crippen molar-refractivity contribution in [1.29, 1.82) is 0 Å². The van der Waals surface area contributed by atoms with Crippen LogP contribution >= 0.6 is 15.9 Å². The van der Waals surface area contributed by atoms with Crippen molar-refractivity contribution in [3.05, 3.63) is 64.5 Å². The Balaban J connectivity index is 1.98. The molecule has 0 N–H and O–H groups in total. The van der Waals surface area contributed by atoms with E-state index in [-0.39, 0.29) is 5.82 Å². The van der Waals surface area contributed by atoms with E-state index in [2.05, 4.69) is 20.5 Å². The summed E-state index contributed by atoms with van der Waals surface area (Å²) in [7, 11) is 1.66. The lowest BCUT2D eigenvalue weighted by Gasteiger charge is -2.07. The number of fused-ring (bicyclic) bond motifs is 1. The number of aromatic nitrogens is 1. The molecule has 0 amide bonds. The molecule has 0 spiro atoms. The van der Waals surface area contributed by atoms with E-state index in [4.69, 9.17) is 4.74 Å². The maximum atomic E-state index is 13.4. The molecular weight excluding hydrogens is 321 g/mol. The van der Waals surface area contributed by atoms with Crippen LogP contribution in [0.2, 0.25) is 0 Å².